The zero-order chi connectivity index (χ0) is 10.6. The van der Waals surface area contributed by atoms with Gasteiger partial charge < -0.3 is 0 Å². The third kappa shape index (κ3) is 3.35. The molecule has 0 heterocycles. The van der Waals surface area contributed by atoms with E-state index >= 15 is 0 Å². The van der Waals surface area contributed by atoms with E-state index in [4.69, 9.17) is 5.73 Å². The highest BCUT2D eigenvalue weighted by Gasteiger charge is 2.12. The Balaban J connectivity index is 2.69. The maximum Gasteiger partial charge on any atom is 0.0415 e. The topological polar surface area (TPSA) is 22.3 Å². The second-order valence-corrected chi connectivity index (χ2v) is 5.51. The first-order valence-electron chi connectivity index (χ1n) is 4.88. The number of hydrogen-bond acceptors (Lipinski definition) is 1. The summed E-state index contributed by atoms with van der Waals surface area (Å²) in [6.07, 6.45) is 0. The van der Waals surface area contributed by atoms with Crippen molar-refractivity contribution in [1.29, 1.82) is 0 Å². The van der Waals surface area contributed by atoms with Crippen LogP contribution in [0.2, 0.25) is 0 Å². The van der Waals surface area contributed by atoms with Crippen molar-refractivity contribution in [3.63, 3.8) is 0 Å². The van der Waals surface area contributed by atoms with Crippen molar-refractivity contribution in [1.82, 2.24) is 5.73 Å². The molecule has 2 heteroatoms. The average Bonchev–Trinajstić information content (AvgIpc) is 2.14. The van der Waals surface area contributed by atoms with Gasteiger partial charge in [-0.15, -0.1) is 17.5 Å². The van der Waals surface area contributed by atoms with E-state index in [9.17, 15) is 0 Å². The summed E-state index contributed by atoms with van der Waals surface area (Å²) in [6.45, 7) is 6.88. The number of nitrogens with zero attached hydrogens (tertiary/aromatic N) is 1. The number of hydrogen-bond donors (Lipinski definition) is 0. The van der Waals surface area contributed by atoms with E-state index in [0.29, 0.717) is 0 Å². The summed E-state index contributed by atoms with van der Waals surface area (Å²) in [5.41, 5.74) is 10.3. The van der Waals surface area contributed by atoms with E-state index in [-0.39, 0.29) is 12.0 Å². The molecule has 2 radical (unpaired) electrons. The molecular formula is C12H17NS. The van der Waals surface area contributed by atoms with Gasteiger partial charge in [-0.1, -0.05) is 32.9 Å². The Morgan fingerprint density at radius 3 is 2.14 bits per heavy atom. The summed E-state index contributed by atoms with van der Waals surface area (Å²) >= 11 is 1.69. The quantitative estimate of drug-likeness (QED) is 0.698. The molecule has 0 saturated carbocycles. The van der Waals surface area contributed by atoms with Gasteiger partial charge in [0.1, 0.15) is 0 Å². The van der Waals surface area contributed by atoms with Crippen molar-refractivity contribution in [2.24, 2.45) is 0 Å². The van der Waals surface area contributed by atoms with Crippen LogP contribution in [0.1, 0.15) is 26.3 Å². The molecule has 1 nitrogen and oxygen atoms in total. The van der Waals surface area contributed by atoms with Gasteiger partial charge in [0, 0.05) is 17.2 Å². The van der Waals surface area contributed by atoms with Gasteiger partial charge in [-0.2, -0.15) is 0 Å². The van der Waals surface area contributed by atoms with Crippen LogP contribution in [0.25, 0.3) is 0 Å². The molecule has 0 bridgehead atoms. The van der Waals surface area contributed by atoms with Crippen LogP contribution < -0.4 is 5.73 Å². The predicted molar refractivity (Wildman–Crippen MR) is 62.9 cm³/mol. The van der Waals surface area contributed by atoms with E-state index in [1.807, 2.05) is 0 Å². The van der Waals surface area contributed by atoms with Crippen LogP contribution in [0.15, 0.2) is 29.2 Å². The van der Waals surface area contributed by atoms with Crippen LogP contribution in [0.3, 0.4) is 0 Å². The summed E-state index contributed by atoms with van der Waals surface area (Å²) in [5, 5.41) is 0. The Bertz CT molecular complexity index is 271. The predicted octanol–water partition coefficient (Wildman–Crippen LogP) is 3.14. The van der Waals surface area contributed by atoms with E-state index < -0.39 is 0 Å². The highest BCUT2D eigenvalue weighted by atomic mass is 32.2. The highest BCUT2D eigenvalue weighted by molar-refractivity contribution is 7.99. The van der Waals surface area contributed by atoms with Crippen molar-refractivity contribution < 1.29 is 0 Å². The van der Waals surface area contributed by atoms with Crippen molar-refractivity contribution in [3.8, 4) is 0 Å². The van der Waals surface area contributed by atoms with Crippen molar-refractivity contribution in [2.45, 2.75) is 31.1 Å². The molecule has 0 atom stereocenters. The Kier molecular flexibility index (Phi) is 4.02. The molecule has 0 aliphatic rings. The first-order chi connectivity index (χ1) is 6.54. The fourth-order valence-corrected chi connectivity index (χ4v) is 1.87. The summed E-state index contributed by atoms with van der Waals surface area (Å²) in [6, 6.07) is 8.58. The molecule has 0 N–H and O–H groups in total. The first-order valence-corrected chi connectivity index (χ1v) is 5.87. The second kappa shape index (κ2) is 4.85. The highest BCUT2D eigenvalue weighted by Crippen LogP contribution is 2.25. The molecule has 1 aromatic rings. The van der Waals surface area contributed by atoms with Gasteiger partial charge in [0.2, 0.25) is 0 Å². The molecule has 0 saturated heterocycles. The van der Waals surface area contributed by atoms with Gasteiger partial charge in [0.05, 0.1) is 0 Å². The maximum absolute atomic E-state index is 8.69. The number of benzene rings is 1. The van der Waals surface area contributed by atoms with Gasteiger partial charge in [-0.25, -0.2) is 0 Å². The van der Waals surface area contributed by atoms with E-state index in [0.717, 1.165) is 5.75 Å². The molecule has 0 aromatic heterocycles. The Labute approximate surface area is 91.1 Å². The van der Waals surface area contributed by atoms with Crippen LogP contribution in [0.5, 0.6) is 0 Å². The lowest BCUT2D eigenvalue weighted by molar-refractivity contribution is 0.590. The lowest BCUT2D eigenvalue weighted by atomic mass is 9.87. The minimum Gasteiger partial charge on any atom is -0.144 e. The van der Waals surface area contributed by atoms with Gasteiger partial charge in [0.15, 0.2) is 0 Å². The monoisotopic (exact) mass is 207 g/mol. The van der Waals surface area contributed by atoms with Crippen LogP contribution in [0, 0.1) is 0 Å². The Hall–Kier alpha value is -0.470. The summed E-state index contributed by atoms with van der Waals surface area (Å²) in [5.74, 6) is 0.773. The standard InChI is InChI=1S/C12H17NS/c1-12(2,3)10-4-6-11(7-5-10)14-9-8-13/h4-7H,8-9H2,1-3H3. The summed E-state index contributed by atoms with van der Waals surface area (Å²) < 4.78 is 0. The van der Waals surface area contributed by atoms with Crippen molar-refractivity contribution in [3.05, 3.63) is 29.8 Å². The molecule has 1 rings (SSSR count). The maximum atomic E-state index is 8.69. The normalized spacial score (nSPS) is 11.7. The Morgan fingerprint density at radius 1 is 1.14 bits per heavy atom. The second-order valence-electron chi connectivity index (χ2n) is 4.35. The molecule has 0 unspecified atom stereocenters. The fraction of sp³-hybridized carbons (Fsp3) is 0.500. The molecule has 1 aromatic carbocycles. The zero-order valence-electron chi connectivity index (χ0n) is 9.08. The molecule has 76 valence electrons. The number of rotatable bonds is 3. The molecular weight excluding hydrogens is 190 g/mol. The molecule has 0 aliphatic carbocycles. The lowest BCUT2D eigenvalue weighted by Crippen LogP contribution is -2.10. The summed E-state index contributed by atoms with van der Waals surface area (Å²) in [4.78, 5) is 1.23. The van der Waals surface area contributed by atoms with Crippen LogP contribution in [0.4, 0.5) is 0 Å². The minimum absolute atomic E-state index is 0.222. The van der Waals surface area contributed by atoms with Gasteiger partial charge in [0.25, 0.3) is 0 Å². The van der Waals surface area contributed by atoms with Crippen molar-refractivity contribution in [2.75, 3.05) is 12.3 Å². The average molecular weight is 207 g/mol. The van der Waals surface area contributed by atoms with Gasteiger partial charge in [-0.05, 0) is 23.1 Å². The third-order valence-corrected chi connectivity index (χ3v) is 3.07. The number of thioether (sulfide) groups is 1. The van der Waals surface area contributed by atoms with Crippen LogP contribution in [-0.2, 0) is 5.41 Å². The zero-order valence-corrected chi connectivity index (χ0v) is 9.90. The van der Waals surface area contributed by atoms with E-state index in [1.165, 1.54) is 10.5 Å². The minimum atomic E-state index is 0.222. The summed E-state index contributed by atoms with van der Waals surface area (Å²) in [7, 11) is 0. The largest absolute Gasteiger partial charge is 0.144 e. The van der Waals surface area contributed by atoms with Crippen LogP contribution >= 0.6 is 11.8 Å². The van der Waals surface area contributed by atoms with Gasteiger partial charge in [-0.3, -0.25) is 0 Å². The molecule has 14 heavy (non-hydrogen) atoms. The van der Waals surface area contributed by atoms with Crippen LogP contribution in [-0.4, -0.2) is 12.3 Å². The smallest absolute Gasteiger partial charge is 0.0415 e. The van der Waals surface area contributed by atoms with E-state index in [2.05, 4.69) is 45.0 Å². The fourth-order valence-electron chi connectivity index (χ4n) is 1.21. The lowest BCUT2D eigenvalue weighted by Gasteiger charge is -2.18. The molecule has 0 aliphatic heterocycles. The Morgan fingerprint density at radius 2 is 1.71 bits per heavy atom. The SMILES string of the molecule is CC(C)(C)c1ccc(SCC[N])cc1. The molecule has 0 fully saturated rings. The van der Waals surface area contributed by atoms with E-state index in [1.54, 1.807) is 11.8 Å². The third-order valence-electron chi connectivity index (χ3n) is 2.08. The molecule has 0 spiro atoms. The first kappa shape index (κ1) is 11.6. The van der Waals surface area contributed by atoms with Gasteiger partial charge >= 0.3 is 0 Å². The molecule has 0 amide bonds. The van der Waals surface area contributed by atoms with Crippen molar-refractivity contribution >= 4 is 11.8 Å².